The van der Waals surface area contributed by atoms with E-state index in [0.29, 0.717) is 11.8 Å². The van der Waals surface area contributed by atoms with Crippen LogP contribution in [0.5, 0.6) is 0 Å². The molecule has 0 aliphatic carbocycles. The molecule has 0 amide bonds. The third-order valence-corrected chi connectivity index (χ3v) is 4.07. The summed E-state index contributed by atoms with van der Waals surface area (Å²) in [4.78, 5) is 0. The molecule has 0 aromatic carbocycles. The molecule has 0 aromatic heterocycles. The van der Waals surface area contributed by atoms with E-state index in [0.717, 1.165) is 24.5 Å². The van der Waals surface area contributed by atoms with Crippen molar-refractivity contribution in [1.29, 1.82) is 0 Å². The molecule has 0 aliphatic rings. The van der Waals surface area contributed by atoms with Crippen molar-refractivity contribution in [2.75, 3.05) is 30.1 Å². The predicted octanol–water partition coefficient (Wildman–Crippen LogP) is 1.15. The Bertz CT molecular complexity index is 227. The lowest BCUT2D eigenvalue weighted by Crippen LogP contribution is -2.26. The lowest BCUT2D eigenvalue weighted by Gasteiger charge is -2.10. The van der Waals surface area contributed by atoms with Crippen molar-refractivity contribution in [3.63, 3.8) is 0 Å². The van der Waals surface area contributed by atoms with Gasteiger partial charge in [-0.05, 0) is 25.6 Å². The van der Waals surface area contributed by atoms with Crippen LogP contribution in [-0.4, -0.2) is 44.5 Å². The molecule has 0 heterocycles. The number of nitrogens with one attached hydrogen (secondary N) is 1. The Morgan fingerprint density at radius 3 is 2.50 bits per heavy atom. The second-order valence-electron chi connectivity index (χ2n) is 3.49. The molecule has 5 heteroatoms. The average molecular weight is 239 g/mol. The summed E-state index contributed by atoms with van der Waals surface area (Å²) < 4.78 is 21.6. The minimum atomic E-state index is -2.77. The van der Waals surface area contributed by atoms with Crippen molar-refractivity contribution in [3.05, 3.63) is 0 Å². The van der Waals surface area contributed by atoms with Gasteiger partial charge in [0.1, 0.15) is 9.84 Å². The van der Waals surface area contributed by atoms with Gasteiger partial charge >= 0.3 is 0 Å². The molecule has 0 bridgehead atoms. The minimum absolute atomic E-state index is 0.299. The molecular weight excluding hydrogens is 218 g/mol. The summed E-state index contributed by atoms with van der Waals surface area (Å²) in [6, 6.07) is 0.533. The van der Waals surface area contributed by atoms with Crippen LogP contribution >= 0.6 is 11.8 Å². The molecule has 1 atom stereocenters. The highest BCUT2D eigenvalue weighted by atomic mass is 32.2. The number of hydrogen-bond donors (Lipinski definition) is 1. The van der Waals surface area contributed by atoms with Crippen LogP contribution < -0.4 is 5.32 Å². The van der Waals surface area contributed by atoms with Gasteiger partial charge in [-0.2, -0.15) is 11.8 Å². The molecule has 86 valence electrons. The molecule has 3 nitrogen and oxygen atoms in total. The highest BCUT2D eigenvalue weighted by Gasteiger charge is 2.02. The Balaban J connectivity index is 3.30. The van der Waals surface area contributed by atoms with Gasteiger partial charge in [-0.3, -0.25) is 0 Å². The van der Waals surface area contributed by atoms with Crippen LogP contribution in [0.3, 0.4) is 0 Å². The van der Waals surface area contributed by atoms with Gasteiger partial charge in [0.2, 0.25) is 0 Å². The Hall–Kier alpha value is 0.260. The standard InChI is InChI=1S/C9H21NO2S2/c1-4-10-9(2)5-6-13-7-8-14(3,11)12/h9-10H,4-8H2,1-3H3. The molecule has 0 aliphatic heterocycles. The van der Waals surface area contributed by atoms with Crippen molar-refractivity contribution >= 4 is 21.6 Å². The van der Waals surface area contributed by atoms with Gasteiger partial charge in [0.05, 0.1) is 5.75 Å². The van der Waals surface area contributed by atoms with E-state index in [-0.39, 0.29) is 0 Å². The Morgan fingerprint density at radius 1 is 1.36 bits per heavy atom. The van der Waals surface area contributed by atoms with E-state index in [1.54, 1.807) is 11.8 Å². The first-order chi connectivity index (χ1) is 6.45. The van der Waals surface area contributed by atoms with Gasteiger partial charge in [0.25, 0.3) is 0 Å². The molecule has 0 fully saturated rings. The van der Waals surface area contributed by atoms with E-state index in [1.165, 1.54) is 6.26 Å². The monoisotopic (exact) mass is 239 g/mol. The van der Waals surface area contributed by atoms with Crippen LogP contribution in [0.4, 0.5) is 0 Å². The average Bonchev–Trinajstić information content (AvgIpc) is 2.02. The quantitative estimate of drug-likeness (QED) is 0.646. The first-order valence-corrected chi connectivity index (χ1v) is 8.16. The third-order valence-electron chi connectivity index (χ3n) is 1.85. The lowest BCUT2D eigenvalue weighted by atomic mass is 10.3. The maximum absolute atomic E-state index is 10.8. The van der Waals surface area contributed by atoms with Crippen LogP contribution in [0.15, 0.2) is 0 Å². The van der Waals surface area contributed by atoms with Gasteiger partial charge in [0, 0.05) is 18.1 Å². The molecule has 0 aromatic rings. The number of sulfone groups is 1. The third kappa shape index (κ3) is 10.3. The van der Waals surface area contributed by atoms with E-state index in [2.05, 4.69) is 19.2 Å². The van der Waals surface area contributed by atoms with Crippen LogP contribution in [-0.2, 0) is 9.84 Å². The van der Waals surface area contributed by atoms with E-state index >= 15 is 0 Å². The lowest BCUT2D eigenvalue weighted by molar-refractivity contribution is 0.556. The van der Waals surface area contributed by atoms with Gasteiger partial charge in [-0.1, -0.05) is 6.92 Å². The number of thioether (sulfide) groups is 1. The van der Waals surface area contributed by atoms with Crippen molar-refractivity contribution in [2.45, 2.75) is 26.3 Å². The molecular formula is C9H21NO2S2. The Kier molecular flexibility index (Phi) is 7.68. The first kappa shape index (κ1) is 14.3. The number of rotatable bonds is 8. The second kappa shape index (κ2) is 7.54. The zero-order valence-electron chi connectivity index (χ0n) is 9.25. The minimum Gasteiger partial charge on any atom is -0.315 e. The summed E-state index contributed by atoms with van der Waals surface area (Å²) in [5.41, 5.74) is 0. The molecule has 0 rings (SSSR count). The highest BCUT2D eigenvalue weighted by Crippen LogP contribution is 2.05. The van der Waals surface area contributed by atoms with E-state index in [4.69, 9.17) is 0 Å². The summed E-state index contributed by atoms with van der Waals surface area (Å²) >= 11 is 1.72. The molecule has 0 radical (unpaired) electrons. The van der Waals surface area contributed by atoms with Crippen molar-refractivity contribution in [1.82, 2.24) is 5.32 Å². The topological polar surface area (TPSA) is 46.2 Å². The summed E-state index contributed by atoms with van der Waals surface area (Å²) in [6.07, 6.45) is 2.39. The fourth-order valence-corrected chi connectivity index (χ4v) is 3.43. The molecule has 1 unspecified atom stereocenters. The van der Waals surface area contributed by atoms with Gasteiger partial charge < -0.3 is 5.32 Å². The van der Waals surface area contributed by atoms with Crippen LogP contribution in [0.25, 0.3) is 0 Å². The summed E-state index contributed by atoms with van der Waals surface area (Å²) in [5, 5.41) is 3.32. The second-order valence-corrected chi connectivity index (χ2v) is 6.97. The zero-order chi connectivity index (χ0) is 11.0. The molecule has 0 saturated carbocycles. The molecule has 14 heavy (non-hydrogen) atoms. The maximum atomic E-state index is 10.8. The van der Waals surface area contributed by atoms with Crippen LogP contribution in [0.1, 0.15) is 20.3 Å². The predicted molar refractivity (Wildman–Crippen MR) is 64.8 cm³/mol. The number of hydrogen-bond acceptors (Lipinski definition) is 4. The van der Waals surface area contributed by atoms with Gasteiger partial charge in [0.15, 0.2) is 0 Å². The van der Waals surface area contributed by atoms with Crippen LogP contribution in [0.2, 0.25) is 0 Å². The van der Waals surface area contributed by atoms with Crippen molar-refractivity contribution < 1.29 is 8.42 Å². The largest absolute Gasteiger partial charge is 0.315 e. The molecule has 0 saturated heterocycles. The van der Waals surface area contributed by atoms with Crippen molar-refractivity contribution in [3.8, 4) is 0 Å². The zero-order valence-corrected chi connectivity index (χ0v) is 10.9. The Morgan fingerprint density at radius 2 is 2.00 bits per heavy atom. The maximum Gasteiger partial charge on any atom is 0.148 e. The van der Waals surface area contributed by atoms with Gasteiger partial charge in [-0.25, -0.2) is 8.42 Å². The smallest absolute Gasteiger partial charge is 0.148 e. The van der Waals surface area contributed by atoms with E-state index < -0.39 is 9.84 Å². The van der Waals surface area contributed by atoms with E-state index in [1.807, 2.05) is 0 Å². The van der Waals surface area contributed by atoms with Gasteiger partial charge in [-0.15, -0.1) is 0 Å². The summed E-state index contributed by atoms with van der Waals surface area (Å²) in [7, 11) is -2.77. The summed E-state index contributed by atoms with van der Waals surface area (Å²) in [6.45, 7) is 5.24. The highest BCUT2D eigenvalue weighted by molar-refractivity contribution is 8.00. The summed E-state index contributed by atoms with van der Waals surface area (Å²) in [5.74, 6) is 2.05. The first-order valence-electron chi connectivity index (χ1n) is 4.94. The molecule has 1 N–H and O–H groups in total. The fourth-order valence-electron chi connectivity index (χ4n) is 1.02. The van der Waals surface area contributed by atoms with E-state index in [9.17, 15) is 8.42 Å². The fraction of sp³-hybridized carbons (Fsp3) is 1.00. The normalized spacial score (nSPS) is 14.2. The van der Waals surface area contributed by atoms with Crippen molar-refractivity contribution in [2.24, 2.45) is 0 Å². The molecule has 0 spiro atoms. The Labute approximate surface area is 92.0 Å². The van der Waals surface area contributed by atoms with Crippen LogP contribution in [0, 0.1) is 0 Å². The SMILES string of the molecule is CCNC(C)CCSCCS(C)(=O)=O.